The van der Waals surface area contributed by atoms with E-state index in [2.05, 4.69) is 4.72 Å². The van der Waals surface area contributed by atoms with E-state index in [-0.39, 0.29) is 5.75 Å². The molecule has 0 saturated heterocycles. The average Bonchev–Trinajstić information content (AvgIpc) is 2.54. The molecule has 0 radical (unpaired) electrons. The number of rotatable bonds is 7. The Labute approximate surface area is 137 Å². The zero-order chi connectivity index (χ0) is 16.7. The van der Waals surface area contributed by atoms with Crippen molar-refractivity contribution in [1.82, 2.24) is 4.72 Å². The van der Waals surface area contributed by atoms with Crippen LogP contribution in [0.4, 0.5) is 0 Å². The lowest BCUT2D eigenvalue weighted by Crippen LogP contribution is -2.30. The zero-order valence-electron chi connectivity index (χ0n) is 13.1. The van der Waals surface area contributed by atoms with Gasteiger partial charge in [-0.25, -0.2) is 8.42 Å². The summed E-state index contributed by atoms with van der Waals surface area (Å²) < 4.78 is 26.8. The second-order valence-electron chi connectivity index (χ2n) is 5.50. The van der Waals surface area contributed by atoms with E-state index in [1.807, 2.05) is 55.5 Å². The summed E-state index contributed by atoms with van der Waals surface area (Å²) in [7, 11) is -3.49. The molecule has 0 bridgehead atoms. The first-order valence-electron chi connectivity index (χ1n) is 7.50. The van der Waals surface area contributed by atoms with Gasteiger partial charge in [-0.05, 0) is 30.9 Å². The summed E-state index contributed by atoms with van der Waals surface area (Å²) in [4.78, 5) is 0. The van der Waals surface area contributed by atoms with Crippen molar-refractivity contribution in [3.8, 4) is 6.07 Å². The number of hydrogen-bond acceptors (Lipinski definition) is 3. The van der Waals surface area contributed by atoms with Gasteiger partial charge >= 0.3 is 0 Å². The van der Waals surface area contributed by atoms with Crippen LogP contribution in [0.3, 0.4) is 0 Å². The molecule has 0 fully saturated rings. The fraction of sp³-hybridized carbons (Fsp3) is 0.278. The highest BCUT2D eigenvalue weighted by atomic mass is 32.2. The minimum absolute atomic E-state index is 0.00589. The number of benzene rings is 2. The van der Waals surface area contributed by atoms with E-state index in [1.54, 1.807) is 12.1 Å². The molecule has 2 aromatic carbocycles. The second-order valence-corrected chi connectivity index (χ2v) is 7.37. The molecule has 0 aliphatic carbocycles. The molecule has 0 amide bonds. The van der Waals surface area contributed by atoms with Crippen molar-refractivity contribution in [2.24, 2.45) is 0 Å². The number of nitrogens with one attached hydrogen (secondary N) is 1. The summed E-state index contributed by atoms with van der Waals surface area (Å²) in [5.74, 6) is 0.00589. The fourth-order valence-corrected chi connectivity index (χ4v) is 3.47. The van der Waals surface area contributed by atoms with Gasteiger partial charge in [-0.15, -0.1) is 0 Å². The Kier molecular flexibility index (Phi) is 5.91. The molecule has 2 rings (SSSR count). The van der Waals surface area contributed by atoms with Gasteiger partial charge < -0.3 is 0 Å². The molecule has 1 unspecified atom stereocenters. The number of hydrogen-bond donors (Lipinski definition) is 1. The quantitative estimate of drug-likeness (QED) is 0.849. The summed E-state index contributed by atoms with van der Waals surface area (Å²) in [6.45, 7) is 1.94. The second kappa shape index (κ2) is 7.91. The van der Waals surface area contributed by atoms with Crippen molar-refractivity contribution < 1.29 is 8.42 Å². The maximum absolute atomic E-state index is 12.2. The van der Waals surface area contributed by atoms with Crippen LogP contribution in [0.15, 0.2) is 54.6 Å². The molecule has 0 aliphatic rings. The summed E-state index contributed by atoms with van der Waals surface area (Å²) in [5.41, 5.74) is 2.83. The first-order valence-corrected chi connectivity index (χ1v) is 9.15. The van der Waals surface area contributed by atoms with Crippen molar-refractivity contribution in [3.05, 3.63) is 71.3 Å². The van der Waals surface area contributed by atoms with E-state index in [1.165, 1.54) is 0 Å². The highest BCUT2D eigenvalue weighted by Gasteiger charge is 2.18. The normalized spacial score (nSPS) is 12.5. The van der Waals surface area contributed by atoms with Crippen LogP contribution in [0.1, 0.15) is 29.2 Å². The molecule has 4 nitrogen and oxygen atoms in total. The molecule has 0 saturated carbocycles. The van der Waals surface area contributed by atoms with Gasteiger partial charge in [0.25, 0.3) is 0 Å². The van der Waals surface area contributed by atoms with Gasteiger partial charge in [0.2, 0.25) is 10.0 Å². The molecule has 0 spiro atoms. The fourth-order valence-electron chi connectivity index (χ4n) is 2.28. The van der Waals surface area contributed by atoms with Crippen LogP contribution in [0.2, 0.25) is 0 Å². The van der Waals surface area contributed by atoms with Gasteiger partial charge in [0.05, 0.1) is 11.8 Å². The third-order valence-corrected chi connectivity index (χ3v) is 4.98. The topological polar surface area (TPSA) is 70.0 Å². The predicted molar refractivity (Wildman–Crippen MR) is 91.2 cm³/mol. The summed E-state index contributed by atoms with van der Waals surface area (Å²) in [6, 6.07) is 18.2. The lowest BCUT2D eigenvalue weighted by Gasteiger charge is -2.12. The van der Waals surface area contributed by atoms with Gasteiger partial charge in [-0.1, -0.05) is 60.2 Å². The lowest BCUT2D eigenvalue weighted by molar-refractivity contribution is 0.572. The van der Waals surface area contributed by atoms with Crippen LogP contribution in [-0.2, 0) is 16.4 Å². The van der Waals surface area contributed by atoms with Crippen LogP contribution in [-0.4, -0.2) is 14.2 Å². The number of aryl methyl sites for hydroxylation is 2. The minimum atomic E-state index is -3.49. The van der Waals surface area contributed by atoms with Gasteiger partial charge in [0, 0.05) is 0 Å². The molecule has 23 heavy (non-hydrogen) atoms. The Balaban J connectivity index is 1.93. The van der Waals surface area contributed by atoms with Crippen LogP contribution < -0.4 is 4.72 Å². The van der Waals surface area contributed by atoms with E-state index in [9.17, 15) is 13.7 Å². The number of nitrogens with zero attached hydrogens (tertiary/aromatic N) is 1. The van der Waals surface area contributed by atoms with E-state index >= 15 is 0 Å². The van der Waals surface area contributed by atoms with Crippen molar-refractivity contribution in [2.75, 3.05) is 5.75 Å². The Bertz CT molecular complexity index is 763. The Hall–Kier alpha value is -2.16. The first-order chi connectivity index (χ1) is 11.0. The van der Waals surface area contributed by atoms with Crippen molar-refractivity contribution >= 4 is 10.0 Å². The first kappa shape index (κ1) is 17.2. The van der Waals surface area contributed by atoms with E-state index < -0.39 is 16.1 Å². The van der Waals surface area contributed by atoms with E-state index in [0.29, 0.717) is 18.4 Å². The predicted octanol–water partition coefficient (Wildman–Crippen LogP) is 3.11. The lowest BCUT2D eigenvalue weighted by atomic mass is 10.1. The summed E-state index contributed by atoms with van der Waals surface area (Å²) >= 11 is 0. The van der Waals surface area contributed by atoms with Gasteiger partial charge in [0.1, 0.15) is 6.04 Å². The van der Waals surface area contributed by atoms with E-state index in [0.717, 1.165) is 11.1 Å². The van der Waals surface area contributed by atoms with Gasteiger partial charge in [0.15, 0.2) is 0 Å². The summed E-state index contributed by atoms with van der Waals surface area (Å²) in [6.07, 6.45) is 1.22. The minimum Gasteiger partial charge on any atom is -0.212 e. The Morgan fingerprint density at radius 3 is 2.35 bits per heavy atom. The molecule has 1 atom stereocenters. The zero-order valence-corrected chi connectivity index (χ0v) is 13.9. The number of sulfonamides is 1. The van der Waals surface area contributed by atoms with Crippen molar-refractivity contribution in [2.45, 2.75) is 25.8 Å². The van der Waals surface area contributed by atoms with Crippen LogP contribution in [0.25, 0.3) is 0 Å². The molecular weight excluding hydrogens is 308 g/mol. The van der Waals surface area contributed by atoms with Crippen LogP contribution in [0.5, 0.6) is 0 Å². The molecule has 5 heteroatoms. The van der Waals surface area contributed by atoms with Gasteiger partial charge in [-0.3, -0.25) is 0 Å². The molecule has 2 aromatic rings. The van der Waals surface area contributed by atoms with Crippen LogP contribution >= 0.6 is 0 Å². The maximum Gasteiger partial charge on any atom is 0.213 e. The SMILES string of the molecule is Cc1ccc(C(C#N)NS(=O)(=O)CCCc2ccccc2)cc1. The smallest absolute Gasteiger partial charge is 0.212 e. The molecule has 120 valence electrons. The molecular formula is C18H20N2O2S. The maximum atomic E-state index is 12.2. The third-order valence-electron chi connectivity index (χ3n) is 3.56. The summed E-state index contributed by atoms with van der Waals surface area (Å²) in [5, 5.41) is 9.24. The molecule has 0 heterocycles. The number of nitriles is 1. The highest BCUT2D eigenvalue weighted by molar-refractivity contribution is 7.89. The average molecular weight is 328 g/mol. The highest BCUT2D eigenvalue weighted by Crippen LogP contribution is 2.14. The monoisotopic (exact) mass is 328 g/mol. The molecule has 1 N–H and O–H groups in total. The van der Waals surface area contributed by atoms with Gasteiger partial charge in [-0.2, -0.15) is 9.98 Å². The van der Waals surface area contributed by atoms with Crippen molar-refractivity contribution in [1.29, 1.82) is 5.26 Å². The molecule has 0 aliphatic heterocycles. The Morgan fingerprint density at radius 2 is 1.74 bits per heavy atom. The standard InChI is InChI=1S/C18H20N2O2S/c1-15-9-11-17(12-10-15)18(14-19)20-23(21,22)13-5-8-16-6-3-2-4-7-16/h2-4,6-7,9-12,18,20H,5,8,13H2,1H3. The van der Waals surface area contributed by atoms with Crippen molar-refractivity contribution in [3.63, 3.8) is 0 Å². The Morgan fingerprint density at radius 1 is 1.09 bits per heavy atom. The van der Waals surface area contributed by atoms with Crippen LogP contribution in [0, 0.1) is 18.3 Å². The molecule has 0 aromatic heterocycles. The third kappa shape index (κ3) is 5.51. The largest absolute Gasteiger partial charge is 0.213 e. The van der Waals surface area contributed by atoms with E-state index in [4.69, 9.17) is 0 Å².